The van der Waals surface area contributed by atoms with Crippen molar-refractivity contribution in [1.82, 2.24) is 0 Å². The van der Waals surface area contributed by atoms with Gasteiger partial charge in [0.05, 0.1) is 0 Å². The summed E-state index contributed by atoms with van der Waals surface area (Å²) in [6.45, 7) is 2.07. The third kappa shape index (κ3) is 3.13. The highest BCUT2D eigenvalue weighted by Crippen LogP contribution is 2.37. The van der Waals surface area contributed by atoms with Gasteiger partial charge >= 0.3 is 0 Å². The van der Waals surface area contributed by atoms with Crippen LogP contribution in [0.15, 0.2) is 46.4 Å². The predicted molar refractivity (Wildman–Crippen MR) is 89.4 cm³/mol. The number of allylic oxidation sites excluding steroid dienone is 1. The average Bonchev–Trinajstić information content (AvgIpc) is 2.99. The Balaban J connectivity index is 2.00. The molecule has 0 atom stereocenters. The second-order valence-electron chi connectivity index (χ2n) is 5.10. The molecule has 0 radical (unpaired) electrons. The van der Waals surface area contributed by atoms with Crippen molar-refractivity contribution in [1.29, 1.82) is 5.26 Å². The smallest absolute Gasteiger partial charge is 0.231 e. The van der Waals surface area contributed by atoms with E-state index in [0.717, 1.165) is 10.0 Å². The van der Waals surface area contributed by atoms with Crippen molar-refractivity contribution in [3.05, 3.63) is 63.1 Å². The summed E-state index contributed by atoms with van der Waals surface area (Å²) in [5.41, 5.74) is 2.22. The van der Waals surface area contributed by atoms with Crippen LogP contribution >= 0.6 is 15.9 Å². The minimum absolute atomic E-state index is 0.0650. The van der Waals surface area contributed by atoms with Crippen LogP contribution in [0.1, 0.15) is 21.5 Å². The summed E-state index contributed by atoms with van der Waals surface area (Å²) in [6, 6.07) is 12.7. The number of halogens is 1. The Morgan fingerprint density at radius 2 is 2.00 bits per heavy atom. The molecule has 1 aliphatic heterocycles. The van der Waals surface area contributed by atoms with Crippen molar-refractivity contribution in [2.75, 3.05) is 6.79 Å². The molecule has 0 bridgehead atoms. The van der Waals surface area contributed by atoms with Crippen molar-refractivity contribution in [2.45, 2.75) is 6.92 Å². The molecule has 1 aliphatic rings. The molecule has 0 aromatic heterocycles. The van der Waals surface area contributed by atoms with E-state index in [1.165, 1.54) is 0 Å². The van der Waals surface area contributed by atoms with Crippen LogP contribution in [0.2, 0.25) is 0 Å². The van der Waals surface area contributed by atoms with E-state index < -0.39 is 0 Å². The molecule has 0 aliphatic carbocycles. The number of hydrogen-bond donors (Lipinski definition) is 0. The molecule has 4 nitrogen and oxygen atoms in total. The number of hydrogen-bond acceptors (Lipinski definition) is 4. The minimum Gasteiger partial charge on any atom is -0.454 e. The van der Waals surface area contributed by atoms with E-state index in [1.807, 2.05) is 19.1 Å². The molecule has 0 spiro atoms. The minimum atomic E-state index is -0.305. The average molecular weight is 370 g/mol. The summed E-state index contributed by atoms with van der Waals surface area (Å²) in [5.74, 6) is 0.929. The van der Waals surface area contributed by atoms with Crippen LogP contribution in [0.25, 0.3) is 6.08 Å². The zero-order valence-electron chi connectivity index (χ0n) is 12.3. The quantitative estimate of drug-likeness (QED) is 0.460. The summed E-state index contributed by atoms with van der Waals surface area (Å²) < 4.78 is 11.3. The van der Waals surface area contributed by atoms with Gasteiger partial charge in [0.25, 0.3) is 0 Å². The maximum absolute atomic E-state index is 12.5. The van der Waals surface area contributed by atoms with Gasteiger partial charge in [-0.05, 0) is 36.8 Å². The predicted octanol–water partition coefficient (Wildman–Crippen LogP) is 4.28. The topological polar surface area (TPSA) is 59.3 Å². The van der Waals surface area contributed by atoms with Gasteiger partial charge < -0.3 is 9.47 Å². The van der Waals surface area contributed by atoms with E-state index in [9.17, 15) is 10.1 Å². The standard InChI is InChI=1S/C18H12BrNO3/c1-11-3-2-4-12(5-11)18(21)14(9-20)6-13-7-16-17(8-15(13)19)23-10-22-16/h2-8H,10H2,1H3/b14-6+. The van der Waals surface area contributed by atoms with Gasteiger partial charge in [0.2, 0.25) is 12.6 Å². The normalized spacial score (nSPS) is 12.8. The molecule has 0 N–H and O–H groups in total. The Kier molecular flexibility index (Phi) is 4.18. The first-order chi connectivity index (χ1) is 11.1. The highest BCUT2D eigenvalue weighted by Gasteiger charge is 2.17. The number of ether oxygens (including phenoxy) is 2. The van der Waals surface area contributed by atoms with Gasteiger partial charge in [-0.2, -0.15) is 5.26 Å². The first-order valence-corrected chi connectivity index (χ1v) is 7.70. The second-order valence-corrected chi connectivity index (χ2v) is 5.95. The van der Waals surface area contributed by atoms with Gasteiger partial charge in [0, 0.05) is 10.0 Å². The molecule has 0 amide bonds. The molecule has 23 heavy (non-hydrogen) atoms. The van der Waals surface area contributed by atoms with Crippen LogP contribution in [0.4, 0.5) is 0 Å². The maximum Gasteiger partial charge on any atom is 0.231 e. The van der Waals surface area contributed by atoms with Gasteiger partial charge in [-0.25, -0.2) is 0 Å². The number of aryl methyl sites for hydroxylation is 1. The molecule has 0 saturated carbocycles. The highest BCUT2D eigenvalue weighted by atomic mass is 79.9. The molecule has 0 fully saturated rings. The Bertz CT molecular complexity index is 865. The van der Waals surface area contributed by atoms with Gasteiger partial charge in [-0.15, -0.1) is 0 Å². The number of fused-ring (bicyclic) bond motifs is 1. The Morgan fingerprint density at radius 1 is 1.26 bits per heavy atom. The van der Waals surface area contributed by atoms with Gasteiger partial charge in [0.1, 0.15) is 11.6 Å². The van der Waals surface area contributed by atoms with E-state index >= 15 is 0 Å². The molecule has 0 saturated heterocycles. The summed E-state index contributed by atoms with van der Waals surface area (Å²) in [7, 11) is 0. The van der Waals surface area contributed by atoms with Crippen LogP contribution in [-0.4, -0.2) is 12.6 Å². The summed E-state index contributed by atoms with van der Waals surface area (Å²) in [6.07, 6.45) is 1.55. The number of Topliss-reactive ketones (excluding diaryl/α,β-unsaturated/α-hetero) is 1. The van der Waals surface area contributed by atoms with Crippen molar-refractivity contribution in [2.24, 2.45) is 0 Å². The number of benzene rings is 2. The van der Waals surface area contributed by atoms with Crippen LogP contribution in [-0.2, 0) is 0 Å². The summed E-state index contributed by atoms with van der Waals surface area (Å²) >= 11 is 3.42. The molecule has 2 aromatic rings. The third-order valence-corrected chi connectivity index (χ3v) is 4.12. The fourth-order valence-electron chi connectivity index (χ4n) is 2.29. The molecular formula is C18H12BrNO3. The first-order valence-electron chi connectivity index (χ1n) is 6.91. The maximum atomic E-state index is 12.5. The van der Waals surface area contributed by atoms with Crippen LogP contribution in [0.5, 0.6) is 11.5 Å². The molecule has 2 aromatic carbocycles. The Hall–Kier alpha value is -2.58. The lowest BCUT2D eigenvalue weighted by Crippen LogP contribution is -2.02. The third-order valence-electron chi connectivity index (χ3n) is 3.44. The Morgan fingerprint density at radius 3 is 2.70 bits per heavy atom. The van der Waals surface area contributed by atoms with Crippen molar-refractivity contribution in [3.8, 4) is 17.6 Å². The van der Waals surface area contributed by atoms with E-state index in [4.69, 9.17) is 9.47 Å². The van der Waals surface area contributed by atoms with Gasteiger partial charge in [-0.3, -0.25) is 4.79 Å². The second kappa shape index (κ2) is 6.27. The molecule has 1 heterocycles. The van der Waals surface area contributed by atoms with Gasteiger partial charge in [0.15, 0.2) is 11.5 Å². The SMILES string of the molecule is Cc1cccc(C(=O)/C(C#N)=C/c2cc3c(cc2Br)OCO3)c1. The molecule has 114 valence electrons. The van der Waals surface area contributed by atoms with Crippen molar-refractivity contribution < 1.29 is 14.3 Å². The van der Waals surface area contributed by atoms with Crippen molar-refractivity contribution >= 4 is 27.8 Å². The fraction of sp³-hybridized carbons (Fsp3) is 0.111. The monoisotopic (exact) mass is 369 g/mol. The summed E-state index contributed by atoms with van der Waals surface area (Å²) in [5, 5.41) is 9.36. The van der Waals surface area contributed by atoms with Crippen molar-refractivity contribution in [3.63, 3.8) is 0 Å². The van der Waals surface area contributed by atoms with Crippen LogP contribution in [0.3, 0.4) is 0 Å². The van der Waals surface area contributed by atoms with Crippen LogP contribution < -0.4 is 9.47 Å². The van der Waals surface area contributed by atoms with Crippen LogP contribution in [0, 0.1) is 18.3 Å². The van der Waals surface area contributed by atoms with E-state index in [2.05, 4.69) is 15.9 Å². The highest BCUT2D eigenvalue weighted by molar-refractivity contribution is 9.10. The Labute approximate surface area is 142 Å². The number of ketones is 1. The molecule has 0 unspecified atom stereocenters. The lowest BCUT2D eigenvalue weighted by Gasteiger charge is -2.04. The zero-order valence-corrected chi connectivity index (χ0v) is 13.9. The van der Waals surface area contributed by atoms with Gasteiger partial charge in [-0.1, -0.05) is 39.7 Å². The number of rotatable bonds is 3. The zero-order chi connectivity index (χ0) is 16.4. The number of nitrogens with zero attached hydrogens (tertiary/aromatic N) is 1. The van der Waals surface area contributed by atoms with E-state index in [0.29, 0.717) is 22.6 Å². The van der Waals surface area contributed by atoms with E-state index in [1.54, 1.807) is 36.4 Å². The van der Waals surface area contributed by atoms with E-state index in [-0.39, 0.29) is 18.1 Å². The molecule has 3 rings (SSSR count). The number of carbonyl (C=O) groups excluding carboxylic acids is 1. The fourth-order valence-corrected chi connectivity index (χ4v) is 2.73. The lowest BCUT2D eigenvalue weighted by atomic mass is 10.0. The lowest BCUT2D eigenvalue weighted by molar-refractivity contribution is 0.104. The molecular weight excluding hydrogens is 358 g/mol. The number of carbonyl (C=O) groups is 1. The largest absolute Gasteiger partial charge is 0.454 e. The number of nitriles is 1. The first kappa shape index (κ1) is 15.3. The summed E-state index contributed by atoms with van der Waals surface area (Å²) in [4.78, 5) is 12.5. The molecule has 5 heteroatoms.